The van der Waals surface area contributed by atoms with E-state index in [1.807, 2.05) is 11.8 Å². The minimum Gasteiger partial charge on any atom is -0.385 e. The summed E-state index contributed by atoms with van der Waals surface area (Å²) in [6.07, 6.45) is 5.64. The summed E-state index contributed by atoms with van der Waals surface area (Å²) in [7, 11) is 1.77. The Labute approximate surface area is 147 Å². The van der Waals surface area contributed by atoms with Gasteiger partial charge >= 0.3 is 0 Å². The van der Waals surface area contributed by atoms with Gasteiger partial charge in [-0.15, -0.1) is 0 Å². The predicted molar refractivity (Wildman–Crippen MR) is 103 cm³/mol. The number of likely N-dealkylation sites (tertiary alicyclic amines) is 1. The van der Waals surface area contributed by atoms with Crippen LogP contribution in [0.15, 0.2) is 4.99 Å². The zero-order valence-electron chi connectivity index (χ0n) is 15.7. The maximum atomic E-state index is 5.13. The summed E-state index contributed by atoms with van der Waals surface area (Å²) in [6, 6.07) is 0.531. The van der Waals surface area contributed by atoms with Gasteiger partial charge in [0, 0.05) is 50.7 Å². The van der Waals surface area contributed by atoms with Crippen molar-refractivity contribution in [1.29, 1.82) is 0 Å². The van der Waals surface area contributed by atoms with Gasteiger partial charge in [-0.1, -0.05) is 0 Å². The highest BCUT2D eigenvalue weighted by Crippen LogP contribution is 2.21. The molecule has 0 aromatic carbocycles. The minimum atomic E-state index is 0.188. The molecule has 136 valence electrons. The van der Waals surface area contributed by atoms with Crippen LogP contribution in [-0.2, 0) is 4.74 Å². The number of aliphatic imine (C=N–C) groups is 1. The van der Waals surface area contributed by atoms with Gasteiger partial charge < -0.3 is 20.3 Å². The molecule has 0 spiro atoms. The highest BCUT2D eigenvalue weighted by Gasteiger charge is 2.20. The van der Waals surface area contributed by atoms with Gasteiger partial charge in [-0.25, -0.2) is 0 Å². The predicted octanol–water partition coefficient (Wildman–Crippen LogP) is 2.18. The van der Waals surface area contributed by atoms with E-state index in [0.29, 0.717) is 6.04 Å². The van der Waals surface area contributed by atoms with Crippen molar-refractivity contribution in [3.05, 3.63) is 0 Å². The molecule has 6 heteroatoms. The quantitative estimate of drug-likeness (QED) is 0.381. The Morgan fingerprint density at radius 2 is 2.04 bits per heavy atom. The number of rotatable bonds is 9. The second-order valence-corrected chi connectivity index (χ2v) is 8.28. The van der Waals surface area contributed by atoms with Gasteiger partial charge in [0.2, 0.25) is 0 Å². The maximum Gasteiger partial charge on any atom is 0.191 e. The van der Waals surface area contributed by atoms with Crippen molar-refractivity contribution in [3.63, 3.8) is 0 Å². The molecule has 0 bridgehead atoms. The lowest BCUT2D eigenvalue weighted by Gasteiger charge is -2.33. The van der Waals surface area contributed by atoms with Crippen LogP contribution >= 0.6 is 11.8 Å². The lowest BCUT2D eigenvalue weighted by molar-refractivity contribution is 0.155. The van der Waals surface area contributed by atoms with Crippen LogP contribution in [0, 0.1) is 0 Å². The highest BCUT2D eigenvalue weighted by atomic mass is 32.2. The van der Waals surface area contributed by atoms with Gasteiger partial charge in [0.25, 0.3) is 0 Å². The molecule has 0 radical (unpaired) electrons. The van der Waals surface area contributed by atoms with Gasteiger partial charge in [-0.05, 0) is 46.3 Å². The van der Waals surface area contributed by atoms with Gasteiger partial charge in [0.1, 0.15) is 0 Å². The fraction of sp³-hybridized carbons (Fsp3) is 0.941. The molecule has 1 fully saturated rings. The highest BCUT2D eigenvalue weighted by molar-refractivity contribution is 7.99. The van der Waals surface area contributed by atoms with Crippen molar-refractivity contribution >= 4 is 17.7 Å². The third-order valence-corrected chi connectivity index (χ3v) is 5.50. The van der Waals surface area contributed by atoms with E-state index in [9.17, 15) is 0 Å². The standard InChI is InChI=1S/C17H36N4OS/c1-6-18-16(19-14-17(2,3)23-5)20-15-8-11-21(12-9-15)10-7-13-22-4/h15H,6-14H2,1-5H3,(H2,18,19,20). The third-order valence-electron chi connectivity index (χ3n) is 4.27. The Morgan fingerprint density at radius 1 is 1.35 bits per heavy atom. The average Bonchev–Trinajstić information content (AvgIpc) is 2.55. The topological polar surface area (TPSA) is 48.9 Å². The molecule has 1 rings (SSSR count). The van der Waals surface area contributed by atoms with Crippen molar-refractivity contribution in [2.45, 2.75) is 50.8 Å². The van der Waals surface area contributed by atoms with Crippen molar-refractivity contribution in [2.75, 3.05) is 52.7 Å². The number of nitrogens with zero attached hydrogens (tertiary/aromatic N) is 2. The van der Waals surface area contributed by atoms with E-state index in [1.165, 1.54) is 12.8 Å². The Bertz CT molecular complexity index is 341. The monoisotopic (exact) mass is 344 g/mol. The summed E-state index contributed by atoms with van der Waals surface area (Å²) < 4.78 is 5.32. The second-order valence-electron chi connectivity index (χ2n) is 6.77. The van der Waals surface area contributed by atoms with Crippen LogP contribution in [0.2, 0.25) is 0 Å². The fourth-order valence-corrected chi connectivity index (χ4v) is 2.77. The maximum absolute atomic E-state index is 5.13. The SMILES string of the molecule is CCNC(=NCC(C)(C)SC)NC1CCN(CCCOC)CC1. The summed E-state index contributed by atoms with van der Waals surface area (Å²) in [5.74, 6) is 0.965. The molecule has 0 aromatic rings. The number of thioether (sulfide) groups is 1. The van der Waals surface area contributed by atoms with Gasteiger partial charge in [-0.3, -0.25) is 4.99 Å². The molecule has 1 saturated heterocycles. The third kappa shape index (κ3) is 8.82. The van der Waals surface area contributed by atoms with Gasteiger partial charge in [0.15, 0.2) is 5.96 Å². The van der Waals surface area contributed by atoms with E-state index >= 15 is 0 Å². The van der Waals surface area contributed by atoms with Crippen LogP contribution in [0.5, 0.6) is 0 Å². The fourth-order valence-electron chi connectivity index (χ4n) is 2.58. The molecular formula is C17H36N4OS. The van der Waals surface area contributed by atoms with Crippen LogP contribution in [-0.4, -0.2) is 74.3 Å². The Balaban J connectivity index is 2.39. The van der Waals surface area contributed by atoms with Crippen LogP contribution in [0.25, 0.3) is 0 Å². The average molecular weight is 345 g/mol. The smallest absolute Gasteiger partial charge is 0.191 e. The molecule has 0 amide bonds. The first-order valence-corrected chi connectivity index (χ1v) is 10.0. The number of guanidine groups is 1. The molecule has 0 aromatic heterocycles. The molecular weight excluding hydrogens is 308 g/mol. The lowest BCUT2D eigenvalue weighted by atomic mass is 10.1. The summed E-state index contributed by atoms with van der Waals surface area (Å²) in [5, 5.41) is 7.00. The number of piperidine rings is 1. The molecule has 0 saturated carbocycles. The van der Waals surface area contributed by atoms with Crippen molar-refractivity contribution in [3.8, 4) is 0 Å². The van der Waals surface area contributed by atoms with Crippen LogP contribution in [0.4, 0.5) is 0 Å². The van der Waals surface area contributed by atoms with Crippen molar-refractivity contribution < 1.29 is 4.74 Å². The van der Waals surface area contributed by atoms with Gasteiger partial charge in [-0.2, -0.15) is 11.8 Å². The molecule has 0 aliphatic carbocycles. The van der Waals surface area contributed by atoms with E-state index < -0.39 is 0 Å². The largest absolute Gasteiger partial charge is 0.385 e. The summed E-state index contributed by atoms with van der Waals surface area (Å²) >= 11 is 1.86. The van der Waals surface area contributed by atoms with E-state index in [-0.39, 0.29) is 4.75 Å². The van der Waals surface area contributed by atoms with Crippen LogP contribution in [0.3, 0.4) is 0 Å². The Morgan fingerprint density at radius 3 is 2.61 bits per heavy atom. The Kier molecular flexibility index (Phi) is 9.99. The second kappa shape index (κ2) is 11.2. The summed E-state index contributed by atoms with van der Waals surface area (Å²) in [4.78, 5) is 7.31. The number of ether oxygens (including phenoxy) is 1. The first-order chi connectivity index (χ1) is 11.0. The first kappa shape index (κ1) is 20.6. The first-order valence-electron chi connectivity index (χ1n) is 8.82. The number of methoxy groups -OCH3 is 1. The van der Waals surface area contributed by atoms with Crippen molar-refractivity contribution in [1.82, 2.24) is 15.5 Å². The summed E-state index contributed by atoms with van der Waals surface area (Å²) in [6.45, 7) is 12.7. The molecule has 1 aliphatic rings. The van der Waals surface area contributed by atoms with Gasteiger partial charge in [0.05, 0.1) is 6.54 Å². The number of hydrogen-bond donors (Lipinski definition) is 2. The van der Waals surface area contributed by atoms with Crippen molar-refractivity contribution in [2.24, 2.45) is 4.99 Å². The van der Waals surface area contributed by atoms with E-state index in [2.05, 4.69) is 42.6 Å². The molecule has 23 heavy (non-hydrogen) atoms. The molecule has 0 unspecified atom stereocenters. The minimum absolute atomic E-state index is 0.188. The van der Waals surface area contributed by atoms with Crippen LogP contribution < -0.4 is 10.6 Å². The molecule has 1 aliphatic heterocycles. The molecule has 2 N–H and O–H groups in total. The number of hydrogen-bond acceptors (Lipinski definition) is 4. The lowest BCUT2D eigenvalue weighted by Crippen LogP contribution is -2.49. The van der Waals surface area contributed by atoms with E-state index in [4.69, 9.17) is 9.73 Å². The Hall–Kier alpha value is -0.460. The normalized spacial score (nSPS) is 18.2. The van der Waals surface area contributed by atoms with E-state index in [1.54, 1.807) is 7.11 Å². The molecule has 0 atom stereocenters. The van der Waals surface area contributed by atoms with E-state index in [0.717, 1.165) is 51.7 Å². The van der Waals surface area contributed by atoms with Crippen LogP contribution in [0.1, 0.15) is 40.0 Å². The molecule has 1 heterocycles. The number of nitrogens with one attached hydrogen (secondary N) is 2. The molecule has 5 nitrogen and oxygen atoms in total. The summed E-state index contributed by atoms with van der Waals surface area (Å²) in [5.41, 5.74) is 0. The zero-order valence-corrected chi connectivity index (χ0v) is 16.5. The zero-order chi connectivity index (χ0) is 17.1.